The number of hydrogen-bond acceptors (Lipinski definition) is 4. The number of non-ortho nitro benzene ring substituents is 1. The lowest BCUT2D eigenvalue weighted by atomic mass is 10.1. The quantitative estimate of drug-likeness (QED) is 0.373. The second-order valence-corrected chi connectivity index (χ2v) is 5.21. The van der Waals surface area contributed by atoms with E-state index in [9.17, 15) is 14.9 Å². The van der Waals surface area contributed by atoms with Crippen LogP contribution in [0.15, 0.2) is 60.2 Å². The van der Waals surface area contributed by atoms with Crippen molar-refractivity contribution < 1.29 is 14.5 Å². The Morgan fingerprint density at radius 2 is 1.70 bits per heavy atom. The molecule has 0 aromatic heterocycles. The summed E-state index contributed by atoms with van der Waals surface area (Å²) in [4.78, 5) is 22.1. The van der Waals surface area contributed by atoms with Crippen molar-refractivity contribution in [1.29, 1.82) is 0 Å². The van der Waals surface area contributed by atoms with Crippen LogP contribution in [0, 0.1) is 17.0 Å². The van der Waals surface area contributed by atoms with Gasteiger partial charge in [0.1, 0.15) is 5.76 Å². The maximum absolute atomic E-state index is 12.0. The minimum absolute atomic E-state index is 0.0111. The summed E-state index contributed by atoms with van der Waals surface area (Å²) < 4.78 is 5.28. The van der Waals surface area contributed by atoms with E-state index < -0.39 is 10.9 Å². The lowest BCUT2D eigenvalue weighted by molar-refractivity contribution is -0.384. The summed E-state index contributed by atoms with van der Waals surface area (Å²) in [7, 11) is 0. The van der Waals surface area contributed by atoms with Crippen LogP contribution < -0.4 is 0 Å². The van der Waals surface area contributed by atoms with E-state index in [4.69, 9.17) is 4.74 Å². The molecule has 0 spiro atoms. The number of nitro benzene ring substituents is 1. The molecule has 0 atom stereocenters. The van der Waals surface area contributed by atoms with Gasteiger partial charge in [-0.2, -0.15) is 0 Å². The highest BCUT2D eigenvalue weighted by atomic mass is 16.6. The van der Waals surface area contributed by atoms with Crippen molar-refractivity contribution in [1.82, 2.24) is 0 Å². The maximum Gasteiger partial charge on any atom is 0.343 e. The van der Waals surface area contributed by atoms with Crippen molar-refractivity contribution in [2.24, 2.45) is 0 Å². The number of benzene rings is 2. The molecule has 2 aromatic carbocycles. The minimum Gasteiger partial charge on any atom is -0.422 e. The molecule has 0 aliphatic carbocycles. The first-order valence-corrected chi connectivity index (χ1v) is 7.00. The zero-order valence-electron chi connectivity index (χ0n) is 12.4. The van der Waals surface area contributed by atoms with Gasteiger partial charge in [-0.3, -0.25) is 10.1 Å². The number of esters is 1. The summed E-state index contributed by atoms with van der Waals surface area (Å²) in [6.45, 7) is 1.98. The van der Waals surface area contributed by atoms with E-state index in [1.165, 1.54) is 12.1 Å². The number of rotatable bonds is 3. The summed E-state index contributed by atoms with van der Waals surface area (Å²) in [6, 6.07) is 13.7. The molecule has 0 bridgehead atoms. The number of aryl methyl sites for hydroxylation is 1. The third-order valence-corrected chi connectivity index (χ3v) is 3.49. The van der Waals surface area contributed by atoms with Crippen LogP contribution in [0.4, 0.5) is 5.69 Å². The highest BCUT2D eigenvalue weighted by Crippen LogP contribution is 2.27. The fraction of sp³-hybridized carbons (Fsp3) is 0.0556. The summed E-state index contributed by atoms with van der Waals surface area (Å²) >= 11 is 0. The lowest BCUT2D eigenvalue weighted by Crippen LogP contribution is -1.97. The van der Waals surface area contributed by atoms with Crippen LogP contribution in [0.3, 0.4) is 0 Å². The topological polar surface area (TPSA) is 69.4 Å². The lowest BCUT2D eigenvalue weighted by Gasteiger charge is -2.01. The predicted molar refractivity (Wildman–Crippen MR) is 86.3 cm³/mol. The van der Waals surface area contributed by atoms with Crippen LogP contribution in [0.1, 0.15) is 16.7 Å². The van der Waals surface area contributed by atoms with Gasteiger partial charge >= 0.3 is 5.97 Å². The molecule has 1 aliphatic heterocycles. The molecule has 0 saturated carbocycles. The molecular formula is C18H13NO4. The molecule has 114 valence electrons. The minimum atomic E-state index is -0.462. The number of ether oxygens (including phenoxy) is 1. The van der Waals surface area contributed by atoms with E-state index >= 15 is 0 Å². The van der Waals surface area contributed by atoms with Gasteiger partial charge in [0.2, 0.25) is 0 Å². The van der Waals surface area contributed by atoms with Gasteiger partial charge in [-0.15, -0.1) is 0 Å². The maximum atomic E-state index is 12.0. The zero-order chi connectivity index (χ0) is 16.4. The molecule has 23 heavy (non-hydrogen) atoms. The molecule has 0 amide bonds. The number of hydrogen-bond donors (Lipinski definition) is 0. The van der Waals surface area contributed by atoms with Gasteiger partial charge in [0.25, 0.3) is 5.69 Å². The Morgan fingerprint density at radius 1 is 1.04 bits per heavy atom. The normalized spacial score (nSPS) is 15.4. The number of cyclic esters (lactones) is 1. The van der Waals surface area contributed by atoms with Gasteiger partial charge in [-0.25, -0.2) is 4.79 Å². The molecule has 0 fully saturated rings. The van der Waals surface area contributed by atoms with Crippen LogP contribution >= 0.6 is 0 Å². The molecule has 0 saturated heterocycles. The van der Waals surface area contributed by atoms with Crippen molar-refractivity contribution in [3.05, 3.63) is 87.0 Å². The Labute approximate surface area is 132 Å². The fourth-order valence-corrected chi connectivity index (χ4v) is 2.22. The van der Waals surface area contributed by atoms with Gasteiger partial charge in [0.05, 0.1) is 10.5 Å². The molecule has 0 N–H and O–H groups in total. The van der Waals surface area contributed by atoms with Crippen LogP contribution in [-0.4, -0.2) is 10.9 Å². The SMILES string of the molecule is Cc1ccc(C2=C/C(=C/c3ccc([N+](=O)[O-])cc3)C(=O)O2)cc1. The third kappa shape index (κ3) is 3.18. The van der Waals surface area contributed by atoms with Gasteiger partial charge in [-0.05, 0) is 36.8 Å². The average molecular weight is 307 g/mol. The largest absolute Gasteiger partial charge is 0.422 e. The van der Waals surface area contributed by atoms with Gasteiger partial charge in [0.15, 0.2) is 0 Å². The Morgan fingerprint density at radius 3 is 2.30 bits per heavy atom. The highest BCUT2D eigenvalue weighted by molar-refractivity contribution is 6.05. The summed E-state index contributed by atoms with van der Waals surface area (Å²) in [5.74, 6) is 0.0714. The smallest absolute Gasteiger partial charge is 0.343 e. The number of carbonyl (C=O) groups excluding carboxylic acids is 1. The van der Waals surface area contributed by atoms with Crippen molar-refractivity contribution >= 4 is 23.5 Å². The molecule has 1 heterocycles. The van der Waals surface area contributed by atoms with Crippen molar-refractivity contribution in [2.75, 3.05) is 0 Å². The van der Waals surface area contributed by atoms with Crippen molar-refractivity contribution in [2.45, 2.75) is 6.92 Å². The van der Waals surface area contributed by atoms with Crippen molar-refractivity contribution in [3.8, 4) is 0 Å². The Balaban J connectivity index is 1.88. The third-order valence-electron chi connectivity index (χ3n) is 3.49. The number of carbonyl (C=O) groups is 1. The predicted octanol–water partition coefficient (Wildman–Crippen LogP) is 3.88. The Kier molecular flexibility index (Phi) is 3.76. The Bertz CT molecular complexity index is 830. The van der Waals surface area contributed by atoms with Gasteiger partial charge < -0.3 is 4.74 Å². The number of nitrogens with zero attached hydrogens (tertiary/aromatic N) is 1. The first-order chi connectivity index (χ1) is 11.0. The van der Waals surface area contributed by atoms with Crippen LogP contribution in [0.25, 0.3) is 11.8 Å². The standard InChI is InChI=1S/C18H13NO4/c1-12-2-6-14(7-3-12)17-11-15(18(20)23-17)10-13-4-8-16(9-5-13)19(21)22/h2-11H,1H3/b15-10-. The van der Waals surface area contributed by atoms with E-state index in [1.54, 1.807) is 24.3 Å². The highest BCUT2D eigenvalue weighted by Gasteiger charge is 2.21. The second-order valence-electron chi connectivity index (χ2n) is 5.21. The van der Waals surface area contributed by atoms with Crippen molar-refractivity contribution in [3.63, 3.8) is 0 Å². The monoisotopic (exact) mass is 307 g/mol. The van der Waals surface area contributed by atoms with E-state index in [1.807, 2.05) is 31.2 Å². The van der Waals surface area contributed by atoms with Gasteiger partial charge in [0, 0.05) is 17.7 Å². The Hall–Kier alpha value is -3.21. The van der Waals surface area contributed by atoms with E-state index in [0.29, 0.717) is 16.9 Å². The van der Waals surface area contributed by atoms with Crippen LogP contribution in [0.2, 0.25) is 0 Å². The summed E-state index contributed by atoms with van der Waals surface area (Å²) in [5.41, 5.74) is 3.08. The molecule has 5 heteroatoms. The molecular weight excluding hydrogens is 294 g/mol. The van der Waals surface area contributed by atoms with Crippen LogP contribution in [-0.2, 0) is 9.53 Å². The van der Waals surface area contributed by atoms with E-state index in [-0.39, 0.29) is 5.69 Å². The molecule has 0 unspecified atom stereocenters. The van der Waals surface area contributed by atoms with Crippen LogP contribution in [0.5, 0.6) is 0 Å². The number of nitro groups is 1. The first-order valence-electron chi connectivity index (χ1n) is 7.00. The molecule has 5 nitrogen and oxygen atoms in total. The summed E-state index contributed by atoms with van der Waals surface area (Å²) in [6.07, 6.45) is 3.32. The second kappa shape index (κ2) is 5.88. The fourth-order valence-electron chi connectivity index (χ4n) is 2.22. The molecule has 3 rings (SSSR count). The van der Waals surface area contributed by atoms with E-state index in [0.717, 1.165) is 11.1 Å². The molecule has 2 aromatic rings. The van der Waals surface area contributed by atoms with Gasteiger partial charge in [-0.1, -0.05) is 29.8 Å². The van der Waals surface area contributed by atoms with E-state index in [2.05, 4.69) is 0 Å². The summed E-state index contributed by atoms with van der Waals surface area (Å²) in [5, 5.41) is 10.6. The average Bonchev–Trinajstić information content (AvgIpc) is 2.89. The zero-order valence-corrected chi connectivity index (χ0v) is 12.4. The molecule has 0 radical (unpaired) electrons. The first kappa shape index (κ1) is 14.7. The molecule has 1 aliphatic rings.